The highest BCUT2D eigenvalue weighted by Crippen LogP contribution is 2.45. The van der Waals surface area contributed by atoms with Crippen LogP contribution in [0.1, 0.15) is 24.0 Å². The molecule has 0 saturated carbocycles. The van der Waals surface area contributed by atoms with Crippen LogP contribution in [0.4, 0.5) is 49.9 Å². The van der Waals surface area contributed by atoms with Gasteiger partial charge in [0.15, 0.2) is 22.8 Å². The molecule has 0 aromatic carbocycles. The summed E-state index contributed by atoms with van der Waals surface area (Å²) in [4.78, 5) is 62.6. The number of aryl methyl sites for hydroxylation is 1. The third-order valence-electron chi connectivity index (χ3n) is 11.8. The van der Waals surface area contributed by atoms with E-state index in [0.717, 1.165) is 35.5 Å². The number of amides is 2. The van der Waals surface area contributed by atoms with Gasteiger partial charge in [-0.2, -0.15) is 36.5 Å². The summed E-state index contributed by atoms with van der Waals surface area (Å²) in [5.74, 6) is -1.43. The maximum absolute atomic E-state index is 14.7. The molecule has 2 fully saturated rings. The molecule has 2 saturated heterocycles. The number of aromatic nitrogens is 12. The summed E-state index contributed by atoms with van der Waals surface area (Å²) in [5, 5.41) is 41.6. The van der Waals surface area contributed by atoms with Crippen LogP contribution in [0.25, 0.3) is 43.9 Å². The first-order chi connectivity index (χ1) is 33.7. The second kappa shape index (κ2) is 17.5. The Bertz CT molecular complexity index is 3330. The highest BCUT2D eigenvalue weighted by atomic mass is 32.1. The Labute approximate surface area is 403 Å². The van der Waals surface area contributed by atoms with Crippen LogP contribution in [-0.2, 0) is 34.5 Å². The molecule has 28 heteroatoms. The average molecular weight is 1020 g/mol. The Morgan fingerprint density at radius 3 is 1.68 bits per heavy atom. The lowest BCUT2D eigenvalue weighted by molar-refractivity contribution is -0.184. The molecule has 4 N–H and O–H groups in total. The zero-order valence-electron chi connectivity index (χ0n) is 36.6. The molecular formula is C43H34F6N16O4S2. The number of alkyl halides is 6. The number of thiazole rings is 2. The highest BCUT2D eigenvalue weighted by molar-refractivity contribution is 7.13. The van der Waals surface area contributed by atoms with Crippen molar-refractivity contribution in [1.29, 1.82) is 0 Å². The van der Waals surface area contributed by atoms with Crippen LogP contribution >= 0.6 is 22.7 Å². The minimum atomic E-state index is -4.94. The summed E-state index contributed by atoms with van der Waals surface area (Å²) in [7, 11) is 2.74. The molecule has 2 aliphatic heterocycles. The van der Waals surface area contributed by atoms with E-state index in [4.69, 9.17) is 0 Å². The maximum Gasteiger partial charge on any atom is 0.409 e. The van der Waals surface area contributed by atoms with Gasteiger partial charge in [-0.25, -0.2) is 29.9 Å². The van der Waals surface area contributed by atoms with Crippen LogP contribution in [0, 0.1) is 0 Å². The first kappa shape index (κ1) is 46.9. The molecule has 2 amide bonds. The monoisotopic (exact) mass is 1020 g/mol. The molecule has 8 aromatic heterocycles. The van der Waals surface area contributed by atoms with Crippen molar-refractivity contribution in [2.75, 3.05) is 17.7 Å². The van der Waals surface area contributed by atoms with Gasteiger partial charge in [-0.15, -0.1) is 22.7 Å². The fourth-order valence-corrected chi connectivity index (χ4v) is 9.77. The number of nitrogens with zero attached hydrogens (tertiary/aromatic N) is 14. The number of halogens is 6. The van der Waals surface area contributed by atoms with Crippen molar-refractivity contribution in [3.8, 4) is 43.9 Å². The molecule has 4 atom stereocenters. The fourth-order valence-electron chi connectivity index (χ4n) is 8.18. The third-order valence-corrected chi connectivity index (χ3v) is 13.5. The second-order valence-corrected chi connectivity index (χ2v) is 18.2. The molecule has 71 heavy (non-hydrogen) atoms. The van der Waals surface area contributed by atoms with Crippen LogP contribution in [0.3, 0.4) is 0 Å². The highest BCUT2D eigenvalue weighted by Gasteiger charge is 2.61. The van der Waals surface area contributed by atoms with Crippen molar-refractivity contribution in [3.63, 3.8) is 0 Å². The van der Waals surface area contributed by atoms with E-state index in [1.165, 1.54) is 54.3 Å². The Hall–Kier alpha value is -7.82. The number of pyridine rings is 2. The molecule has 0 aliphatic carbocycles. The summed E-state index contributed by atoms with van der Waals surface area (Å²) in [6.45, 7) is -0.699. The van der Waals surface area contributed by atoms with Crippen molar-refractivity contribution in [2.45, 2.75) is 55.1 Å². The molecule has 0 bridgehead atoms. The van der Waals surface area contributed by atoms with Gasteiger partial charge in [-0.05, 0) is 24.3 Å². The first-order valence-corrected chi connectivity index (χ1v) is 22.7. The Morgan fingerprint density at radius 2 is 1.17 bits per heavy atom. The van der Waals surface area contributed by atoms with Crippen molar-refractivity contribution in [2.24, 2.45) is 7.05 Å². The Kier molecular flexibility index (Phi) is 11.6. The van der Waals surface area contributed by atoms with Gasteiger partial charge < -0.3 is 30.6 Å². The average Bonchev–Trinajstić information content (AvgIpc) is 4.23. The van der Waals surface area contributed by atoms with Crippen molar-refractivity contribution < 1.29 is 46.1 Å². The number of likely N-dealkylation sites (N-methyl/N-ethyl adjacent to an activating group) is 1. The van der Waals surface area contributed by atoms with Gasteiger partial charge in [0.25, 0.3) is 11.8 Å². The SMILES string of the molecule is CN1C(=O)[C@](O)(c2cncc(-c3csc(-c4ccnc(Nc5ccn(CN6C(=O)[C@@](O)(c7cncc(-c8csc(-c9ccnc(Nc%10ccn(C)n%10)n9)n8)c7)CC6C(F)(F)F)n5)n4)n3)c2)C[C@H]1C(F)(F)F. The van der Waals surface area contributed by atoms with Crippen LogP contribution in [-0.4, -0.2) is 123 Å². The maximum atomic E-state index is 14.7. The quantitative estimate of drug-likeness (QED) is 0.102. The fraction of sp³-hybridized carbons (Fsp3) is 0.256. The van der Waals surface area contributed by atoms with Crippen molar-refractivity contribution in [1.82, 2.24) is 69.2 Å². The Balaban J connectivity index is 0.823. The van der Waals surface area contributed by atoms with Gasteiger partial charge in [-0.3, -0.25) is 28.9 Å². The predicted molar refractivity (Wildman–Crippen MR) is 241 cm³/mol. The standard InChI is InChI=1S/C43H34F6N16O4S2/c1-62-9-5-32(60-62)58-38-52-7-3-26(56-38)34-55-29(20-71-34)23-12-25(18-51-16-23)41(69)14-31(43(47,48)49)65(37(41)67)21-64-10-6-33(61-64)59-39-53-8-4-27(57-39)35-54-28(19-70-35)22-11-24(17-50-15-22)40(68)13-30(42(44,45)46)63(2)36(40)66/h3-12,15-20,30-31,68-69H,13-14,21H2,1-2H3,(H,52,56,58,60)(H,53,57,59,61)/t30-,31?,40+,41-/m0/s1. The van der Waals surface area contributed by atoms with E-state index >= 15 is 0 Å². The smallest absolute Gasteiger partial charge is 0.375 e. The van der Waals surface area contributed by atoms with E-state index in [2.05, 4.69) is 60.7 Å². The van der Waals surface area contributed by atoms with Gasteiger partial charge in [0.1, 0.15) is 40.2 Å². The van der Waals surface area contributed by atoms with Crippen LogP contribution < -0.4 is 10.6 Å². The normalized spacial score (nSPS) is 20.6. The lowest BCUT2D eigenvalue weighted by atomic mass is 9.90. The molecule has 10 heterocycles. The zero-order chi connectivity index (χ0) is 50.0. The lowest BCUT2D eigenvalue weighted by Crippen LogP contribution is -2.45. The minimum Gasteiger partial charge on any atom is -0.375 e. The van der Waals surface area contributed by atoms with Crippen molar-refractivity contribution >= 4 is 58.0 Å². The van der Waals surface area contributed by atoms with E-state index in [1.807, 2.05) is 0 Å². The van der Waals surface area contributed by atoms with Gasteiger partial charge in [-0.1, -0.05) is 0 Å². The van der Waals surface area contributed by atoms with Crippen LogP contribution in [0.2, 0.25) is 0 Å². The topological polar surface area (TPSA) is 244 Å². The van der Waals surface area contributed by atoms with Gasteiger partial charge in [0.2, 0.25) is 11.9 Å². The zero-order valence-corrected chi connectivity index (χ0v) is 38.2. The summed E-state index contributed by atoms with van der Waals surface area (Å²) in [5.41, 5.74) is -3.24. The number of carbonyl (C=O) groups excluding carboxylic acids is 2. The molecule has 0 radical (unpaired) electrons. The third kappa shape index (κ3) is 9.00. The molecule has 1 unspecified atom stereocenters. The molecule has 0 spiro atoms. The summed E-state index contributed by atoms with van der Waals surface area (Å²) in [6, 6.07) is 4.50. The van der Waals surface area contributed by atoms with E-state index < -0.39 is 67.0 Å². The summed E-state index contributed by atoms with van der Waals surface area (Å²) >= 11 is 2.39. The molecular weight excluding hydrogens is 983 g/mol. The Morgan fingerprint density at radius 1 is 0.662 bits per heavy atom. The van der Waals surface area contributed by atoms with E-state index in [0.29, 0.717) is 59.5 Å². The molecule has 2 aliphatic rings. The van der Waals surface area contributed by atoms with E-state index in [1.54, 1.807) is 53.1 Å². The lowest BCUT2D eigenvalue weighted by Gasteiger charge is -2.26. The number of likely N-dealkylation sites (tertiary alicyclic amines) is 2. The second-order valence-electron chi connectivity index (χ2n) is 16.5. The molecule has 20 nitrogen and oxygen atoms in total. The van der Waals surface area contributed by atoms with Crippen LogP contribution in [0.15, 0.2) is 96.7 Å². The van der Waals surface area contributed by atoms with E-state index in [9.17, 15) is 46.1 Å². The molecule has 8 aromatic rings. The van der Waals surface area contributed by atoms with Crippen molar-refractivity contribution in [3.05, 3.63) is 108 Å². The number of rotatable bonds is 12. The first-order valence-electron chi connectivity index (χ1n) is 21.0. The predicted octanol–water partition coefficient (Wildman–Crippen LogP) is 6.04. The molecule has 364 valence electrons. The number of anilines is 4. The number of hydrogen-bond acceptors (Lipinski definition) is 18. The number of aliphatic hydroxyl groups is 2. The van der Waals surface area contributed by atoms with Gasteiger partial charge in [0, 0.05) is 122 Å². The summed E-state index contributed by atoms with van der Waals surface area (Å²) in [6.07, 6.45) is -0.544. The summed E-state index contributed by atoms with van der Waals surface area (Å²) < 4.78 is 87.6. The number of hydrogen-bond donors (Lipinski definition) is 4. The largest absolute Gasteiger partial charge is 0.409 e. The minimum absolute atomic E-state index is 0.0114. The number of carbonyl (C=O) groups is 2. The van der Waals surface area contributed by atoms with Gasteiger partial charge >= 0.3 is 12.4 Å². The van der Waals surface area contributed by atoms with Crippen LogP contribution in [0.5, 0.6) is 0 Å². The molecule has 10 rings (SSSR count). The van der Waals surface area contributed by atoms with Gasteiger partial charge in [0.05, 0.1) is 11.4 Å². The van der Waals surface area contributed by atoms with E-state index in [-0.39, 0.29) is 28.8 Å². The number of nitrogens with one attached hydrogen (secondary N) is 2.